The molecule has 0 aliphatic carbocycles. The molecule has 0 amide bonds. The van der Waals surface area contributed by atoms with Gasteiger partial charge < -0.3 is 0 Å². The van der Waals surface area contributed by atoms with Crippen molar-refractivity contribution in [2.45, 2.75) is 11.4 Å². The monoisotopic (exact) mass is 303 g/mol. The molecule has 0 N–H and O–H groups in total. The highest BCUT2D eigenvalue weighted by Crippen LogP contribution is 2.18. The van der Waals surface area contributed by atoms with Crippen LogP contribution in [0.5, 0.6) is 0 Å². The van der Waals surface area contributed by atoms with Gasteiger partial charge in [0.1, 0.15) is 4.90 Å². The maximum Gasteiger partial charge on any atom is 0.246 e. The van der Waals surface area contributed by atoms with Gasteiger partial charge in [-0.2, -0.15) is 4.31 Å². The second kappa shape index (κ2) is 5.31. The van der Waals surface area contributed by atoms with Crippen molar-refractivity contribution in [3.63, 3.8) is 0 Å². The van der Waals surface area contributed by atoms with Crippen LogP contribution < -0.4 is 0 Å². The number of halogens is 1. The van der Waals surface area contributed by atoms with Gasteiger partial charge in [0.05, 0.1) is 12.4 Å². The minimum absolute atomic E-state index is 0.0230. The fourth-order valence-electron chi connectivity index (χ4n) is 1.32. The van der Waals surface area contributed by atoms with E-state index in [9.17, 15) is 8.42 Å². The summed E-state index contributed by atoms with van der Waals surface area (Å²) in [5.41, 5.74) is 0. The predicted molar refractivity (Wildman–Crippen MR) is 70.0 cm³/mol. The molecule has 0 aromatic carbocycles. The summed E-state index contributed by atoms with van der Waals surface area (Å²) in [6, 6.07) is 3.76. The third-order valence-corrected chi connectivity index (χ3v) is 5.08. The van der Waals surface area contributed by atoms with Gasteiger partial charge in [0.25, 0.3) is 0 Å². The molecule has 2 heterocycles. The average molecular weight is 304 g/mol. The summed E-state index contributed by atoms with van der Waals surface area (Å²) in [7, 11) is -2.06. The Bertz CT molecular complexity index is 611. The molecule has 2 aromatic heterocycles. The SMILES string of the molecule is CN(Cc1cccs1)S(=O)(=O)c1cnc(Cl)nc1. The van der Waals surface area contributed by atoms with Gasteiger partial charge in [-0.15, -0.1) is 11.3 Å². The summed E-state index contributed by atoms with van der Waals surface area (Å²) in [5, 5.41) is 1.93. The number of hydrogen-bond donors (Lipinski definition) is 0. The van der Waals surface area contributed by atoms with Gasteiger partial charge in [0, 0.05) is 18.5 Å². The van der Waals surface area contributed by atoms with E-state index in [1.54, 1.807) is 0 Å². The molecular weight excluding hydrogens is 294 g/mol. The van der Waals surface area contributed by atoms with Crippen molar-refractivity contribution < 1.29 is 8.42 Å². The molecule has 2 aromatic rings. The Kier molecular flexibility index (Phi) is 3.96. The summed E-state index contributed by atoms with van der Waals surface area (Å²) in [6.45, 7) is 0.322. The molecule has 0 saturated heterocycles. The Morgan fingerprint density at radius 3 is 2.61 bits per heavy atom. The van der Waals surface area contributed by atoms with Crippen LogP contribution in [0.2, 0.25) is 5.28 Å². The molecule has 0 radical (unpaired) electrons. The lowest BCUT2D eigenvalue weighted by atomic mass is 10.5. The number of rotatable bonds is 4. The van der Waals surface area contributed by atoms with Crippen molar-refractivity contribution in [1.82, 2.24) is 14.3 Å². The van der Waals surface area contributed by atoms with Crippen LogP contribution in [0.1, 0.15) is 4.88 Å². The van der Waals surface area contributed by atoms with Crippen LogP contribution in [0.4, 0.5) is 0 Å². The molecule has 0 bridgehead atoms. The van der Waals surface area contributed by atoms with E-state index in [2.05, 4.69) is 9.97 Å². The second-order valence-electron chi connectivity index (χ2n) is 3.53. The fourth-order valence-corrected chi connectivity index (χ4v) is 3.30. The Hall–Kier alpha value is -1.02. The first kappa shape index (κ1) is 13.4. The van der Waals surface area contributed by atoms with Crippen LogP contribution >= 0.6 is 22.9 Å². The lowest BCUT2D eigenvalue weighted by molar-refractivity contribution is 0.469. The smallest absolute Gasteiger partial charge is 0.225 e. The summed E-state index contributed by atoms with van der Waals surface area (Å²) in [5.74, 6) is 0. The number of nitrogens with zero attached hydrogens (tertiary/aromatic N) is 3. The van der Waals surface area contributed by atoms with Gasteiger partial charge >= 0.3 is 0 Å². The lowest BCUT2D eigenvalue weighted by Gasteiger charge is -2.15. The maximum absolute atomic E-state index is 12.2. The standard InChI is InChI=1S/C10H10ClN3O2S2/c1-14(7-8-3-2-4-17-8)18(15,16)9-5-12-10(11)13-6-9/h2-6H,7H2,1H3. The number of aromatic nitrogens is 2. The van der Waals surface area contributed by atoms with Crippen molar-refractivity contribution >= 4 is 33.0 Å². The minimum Gasteiger partial charge on any atom is -0.225 e. The first-order chi connectivity index (χ1) is 8.50. The molecule has 0 aliphatic rings. The highest BCUT2D eigenvalue weighted by molar-refractivity contribution is 7.89. The van der Waals surface area contributed by atoms with E-state index in [0.717, 1.165) is 4.88 Å². The minimum atomic E-state index is -3.58. The largest absolute Gasteiger partial charge is 0.246 e. The third kappa shape index (κ3) is 2.86. The first-order valence-electron chi connectivity index (χ1n) is 4.96. The van der Waals surface area contributed by atoms with Gasteiger partial charge in [-0.3, -0.25) is 0 Å². The molecule has 0 unspecified atom stereocenters. The molecule has 0 atom stereocenters. The van der Waals surface area contributed by atoms with E-state index in [-0.39, 0.29) is 10.2 Å². The van der Waals surface area contributed by atoms with E-state index in [4.69, 9.17) is 11.6 Å². The lowest BCUT2D eigenvalue weighted by Crippen LogP contribution is -2.26. The molecule has 18 heavy (non-hydrogen) atoms. The summed E-state index contributed by atoms with van der Waals surface area (Å²) >= 11 is 7.03. The van der Waals surface area contributed by atoms with Crippen molar-refractivity contribution in [1.29, 1.82) is 0 Å². The van der Waals surface area contributed by atoms with Crippen molar-refractivity contribution in [3.05, 3.63) is 40.1 Å². The van der Waals surface area contributed by atoms with Crippen molar-refractivity contribution in [3.8, 4) is 0 Å². The zero-order chi connectivity index (χ0) is 13.2. The van der Waals surface area contributed by atoms with Gasteiger partial charge in [-0.05, 0) is 23.0 Å². The molecule has 0 saturated carbocycles. The Morgan fingerprint density at radius 2 is 2.06 bits per heavy atom. The predicted octanol–water partition coefficient (Wildman–Crippen LogP) is 2.01. The van der Waals surface area contributed by atoms with Crippen molar-refractivity contribution in [2.24, 2.45) is 0 Å². The molecule has 2 rings (SSSR count). The van der Waals surface area contributed by atoms with E-state index in [1.165, 1.54) is 35.1 Å². The zero-order valence-electron chi connectivity index (χ0n) is 9.45. The molecule has 0 aliphatic heterocycles. The summed E-state index contributed by atoms with van der Waals surface area (Å²) in [4.78, 5) is 8.35. The normalized spacial score (nSPS) is 11.9. The van der Waals surface area contributed by atoms with Crippen LogP contribution in [0.3, 0.4) is 0 Å². The highest BCUT2D eigenvalue weighted by Gasteiger charge is 2.22. The number of sulfonamides is 1. The average Bonchev–Trinajstić information content (AvgIpc) is 2.82. The molecule has 5 nitrogen and oxygen atoms in total. The first-order valence-corrected chi connectivity index (χ1v) is 7.66. The zero-order valence-corrected chi connectivity index (χ0v) is 11.8. The molecule has 8 heteroatoms. The van der Waals surface area contributed by atoms with Gasteiger partial charge in [-0.25, -0.2) is 18.4 Å². The van der Waals surface area contributed by atoms with Crippen LogP contribution in [0.25, 0.3) is 0 Å². The van der Waals surface area contributed by atoms with Crippen LogP contribution in [0.15, 0.2) is 34.8 Å². The molecule has 96 valence electrons. The Morgan fingerprint density at radius 1 is 1.39 bits per heavy atom. The van der Waals surface area contributed by atoms with E-state index in [0.29, 0.717) is 6.54 Å². The third-order valence-electron chi connectivity index (χ3n) is 2.26. The van der Waals surface area contributed by atoms with Crippen molar-refractivity contribution in [2.75, 3.05) is 7.05 Å². The van der Waals surface area contributed by atoms with Crippen LogP contribution in [-0.4, -0.2) is 29.7 Å². The summed E-state index contributed by atoms with van der Waals surface area (Å²) in [6.07, 6.45) is 2.41. The molecule has 0 spiro atoms. The second-order valence-corrected chi connectivity index (χ2v) is 6.94. The van der Waals surface area contributed by atoms with Gasteiger partial charge in [-0.1, -0.05) is 6.07 Å². The fraction of sp³-hybridized carbons (Fsp3) is 0.200. The van der Waals surface area contributed by atoms with E-state index in [1.807, 2.05) is 17.5 Å². The molecular formula is C10H10ClN3O2S2. The molecule has 0 fully saturated rings. The van der Waals surface area contributed by atoms with Crippen LogP contribution in [0, 0.1) is 0 Å². The number of thiophene rings is 1. The quantitative estimate of drug-likeness (QED) is 0.811. The van der Waals surface area contributed by atoms with Gasteiger partial charge in [0.2, 0.25) is 15.3 Å². The van der Waals surface area contributed by atoms with E-state index < -0.39 is 10.0 Å². The van der Waals surface area contributed by atoms with Gasteiger partial charge in [0.15, 0.2) is 0 Å². The maximum atomic E-state index is 12.2. The summed E-state index contributed by atoms with van der Waals surface area (Å²) < 4.78 is 25.6. The number of hydrogen-bond acceptors (Lipinski definition) is 5. The Labute approximate surface area is 114 Å². The van der Waals surface area contributed by atoms with E-state index >= 15 is 0 Å². The highest BCUT2D eigenvalue weighted by atomic mass is 35.5. The van der Waals surface area contributed by atoms with Crippen LogP contribution in [-0.2, 0) is 16.6 Å². The topological polar surface area (TPSA) is 63.2 Å². The Balaban J connectivity index is 2.22.